The van der Waals surface area contributed by atoms with E-state index in [1.165, 1.54) is 0 Å². The number of hydrogen-bond acceptors (Lipinski definition) is 4. The summed E-state index contributed by atoms with van der Waals surface area (Å²) in [6.07, 6.45) is 0. The van der Waals surface area contributed by atoms with Crippen molar-refractivity contribution >= 4 is 60.3 Å². The molecule has 1 saturated heterocycles. The molecule has 1 fully saturated rings. The summed E-state index contributed by atoms with van der Waals surface area (Å²) in [4.78, 5) is 27.7. The van der Waals surface area contributed by atoms with Crippen molar-refractivity contribution in [1.29, 1.82) is 0 Å². The summed E-state index contributed by atoms with van der Waals surface area (Å²) in [5.74, 6) is -2.48. The van der Waals surface area contributed by atoms with Gasteiger partial charge in [0.15, 0.2) is 5.69 Å². The van der Waals surface area contributed by atoms with Gasteiger partial charge < -0.3 is 15.4 Å². The average molecular weight is 506 g/mol. The topological polar surface area (TPSA) is 107 Å². The van der Waals surface area contributed by atoms with Crippen molar-refractivity contribution in [3.8, 4) is 5.88 Å². The average Bonchev–Trinajstić information content (AvgIpc) is 3.21. The molecule has 4 rings (SSSR count). The number of carbonyl (C=O) groups excluding carboxylic acids is 2. The molecule has 0 spiro atoms. The normalized spacial score (nSPS) is 19.4. The highest BCUT2D eigenvalue weighted by Gasteiger charge is 2.41. The third kappa shape index (κ3) is 3.35. The van der Waals surface area contributed by atoms with E-state index in [1.807, 2.05) is 36.4 Å². The number of carbonyl (C=O) groups is 2. The van der Waals surface area contributed by atoms with Crippen LogP contribution >= 0.6 is 31.9 Å². The number of H-pyrrole nitrogens is 1. The smallest absolute Gasteiger partial charge is 0.277 e. The van der Waals surface area contributed by atoms with E-state index in [-0.39, 0.29) is 23.4 Å². The van der Waals surface area contributed by atoms with Crippen LogP contribution in [0.15, 0.2) is 61.6 Å². The van der Waals surface area contributed by atoms with Gasteiger partial charge in [-0.2, -0.15) is 0 Å². The van der Waals surface area contributed by atoms with Crippen LogP contribution < -0.4 is 5.32 Å². The third-order valence-electron chi connectivity index (χ3n) is 4.70. The highest BCUT2D eigenvalue weighted by atomic mass is 79.9. The first-order chi connectivity index (χ1) is 13.5. The Morgan fingerprint density at radius 1 is 1.18 bits per heavy atom. The van der Waals surface area contributed by atoms with E-state index in [0.29, 0.717) is 17.4 Å². The number of azo groups is 1. The van der Waals surface area contributed by atoms with E-state index >= 15 is 0 Å². The van der Waals surface area contributed by atoms with Crippen molar-refractivity contribution < 1.29 is 14.7 Å². The van der Waals surface area contributed by atoms with E-state index < -0.39 is 11.8 Å². The molecule has 3 aromatic rings. The fourth-order valence-electron chi connectivity index (χ4n) is 3.37. The Kier molecular flexibility index (Phi) is 5.03. The van der Waals surface area contributed by atoms with Gasteiger partial charge in [-0.1, -0.05) is 46.3 Å². The van der Waals surface area contributed by atoms with Crippen LogP contribution in [0, 0.1) is 5.92 Å². The molecule has 1 aliphatic heterocycles. The van der Waals surface area contributed by atoms with Gasteiger partial charge in [0.1, 0.15) is 5.92 Å². The second kappa shape index (κ2) is 7.48. The van der Waals surface area contributed by atoms with E-state index in [1.54, 1.807) is 6.07 Å². The molecular weight excluding hydrogens is 492 g/mol. The number of nitrogens with one attached hydrogen (secondary N) is 2. The van der Waals surface area contributed by atoms with Crippen LogP contribution in [-0.2, 0) is 9.59 Å². The van der Waals surface area contributed by atoms with Gasteiger partial charge >= 0.3 is 0 Å². The van der Waals surface area contributed by atoms with Crippen molar-refractivity contribution in [3.05, 3.63) is 57.0 Å². The van der Waals surface area contributed by atoms with Gasteiger partial charge in [0.05, 0.1) is 5.52 Å². The summed E-state index contributed by atoms with van der Waals surface area (Å²) in [5, 5.41) is 21.2. The number of benzene rings is 2. The number of fused-ring (bicyclic) bond motifs is 1. The predicted octanol–water partition coefficient (Wildman–Crippen LogP) is 4.54. The number of nitrogens with zero attached hydrogens (tertiary/aromatic N) is 2. The van der Waals surface area contributed by atoms with Crippen molar-refractivity contribution in [3.63, 3.8) is 0 Å². The van der Waals surface area contributed by atoms with Crippen LogP contribution in [0.3, 0.4) is 0 Å². The molecule has 0 aliphatic carbocycles. The van der Waals surface area contributed by atoms with Crippen molar-refractivity contribution in [2.24, 2.45) is 16.1 Å². The van der Waals surface area contributed by atoms with Gasteiger partial charge in [-0.05, 0) is 33.6 Å². The first-order valence-corrected chi connectivity index (χ1v) is 10.0. The van der Waals surface area contributed by atoms with Crippen LogP contribution in [-0.4, -0.2) is 28.4 Å². The molecule has 1 aromatic heterocycles. The van der Waals surface area contributed by atoms with E-state index in [0.717, 1.165) is 14.5 Å². The first kappa shape index (κ1) is 18.8. The molecule has 2 heterocycles. The van der Waals surface area contributed by atoms with E-state index in [4.69, 9.17) is 0 Å². The molecule has 9 heteroatoms. The maximum Gasteiger partial charge on any atom is 0.277 e. The van der Waals surface area contributed by atoms with Crippen molar-refractivity contribution in [1.82, 2.24) is 10.3 Å². The predicted molar refractivity (Wildman–Crippen MR) is 111 cm³/mol. The maximum absolute atomic E-state index is 12.7. The lowest BCUT2D eigenvalue weighted by molar-refractivity contribution is -0.131. The number of halogens is 2. The number of aromatic hydroxyl groups is 1. The molecule has 1 aliphatic rings. The minimum atomic E-state index is -0.947. The Morgan fingerprint density at radius 3 is 2.68 bits per heavy atom. The molecule has 0 radical (unpaired) electrons. The van der Waals surface area contributed by atoms with Gasteiger partial charge in [-0.25, -0.2) is 0 Å². The number of amides is 2. The van der Waals surface area contributed by atoms with Crippen molar-refractivity contribution in [2.75, 3.05) is 6.54 Å². The number of aromatic amines is 1. The molecule has 0 bridgehead atoms. The lowest BCUT2D eigenvalue weighted by Gasteiger charge is -2.13. The number of rotatable bonds is 3. The summed E-state index contributed by atoms with van der Waals surface area (Å²) in [7, 11) is 0. The molecular formula is C19H14Br2N4O3. The lowest BCUT2D eigenvalue weighted by Crippen LogP contribution is -2.25. The van der Waals surface area contributed by atoms with Gasteiger partial charge in [0.2, 0.25) is 11.8 Å². The first-order valence-electron chi connectivity index (χ1n) is 8.43. The molecule has 2 amide bonds. The van der Waals surface area contributed by atoms with E-state index in [9.17, 15) is 14.7 Å². The summed E-state index contributed by atoms with van der Waals surface area (Å²) >= 11 is 6.79. The van der Waals surface area contributed by atoms with Gasteiger partial charge in [0.25, 0.3) is 5.91 Å². The SMILES string of the molecule is O=C(N=Nc1c(O)[nH]c2c(Br)cc(Br)cc12)[C@@H]1C(=O)NC[C@H]1c1ccccc1. The Morgan fingerprint density at radius 2 is 1.93 bits per heavy atom. The van der Waals surface area contributed by atoms with Crippen LogP contribution in [0.4, 0.5) is 5.69 Å². The molecule has 2 aromatic carbocycles. The fraction of sp³-hybridized carbons (Fsp3) is 0.158. The largest absolute Gasteiger partial charge is 0.493 e. The second-order valence-electron chi connectivity index (χ2n) is 6.41. The van der Waals surface area contributed by atoms with Crippen LogP contribution in [0.5, 0.6) is 5.88 Å². The molecule has 0 saturated carbocycles. The van der Waals surface area contributed by atoms with Crippen LogP contribution in [0.25, 0.3) is 10.9 Å². The summed E-state index contributed by atoms with van der Waals surface area (Å²) in [6, 6.07) is 12.9. The monoisotopic (exact) mass is 504 g/mol. The highest BCUT2D eigenvalue weighted by Crippen LogP contribution is 2.40. The van der Waals surface area contributed by atoms with Gasteiger partial charge in [-0.15, -0.1) is 10.2 Å². The quantitative estimate of drug-likeness (QED) is 0.359. The lowest BCUT2D eigenvalue weighted by atomic mass is 9.88. The molecule has 0 unspecified atom stereocenters. The fourth-order valence-corrected chi connectivity index (χ4v) is 4.70. The third-order valence-corrected chi connectivity index (χ3v) is 5.78. The van der Waals surface area contributed by atoms with Crippen molar-refractivity contribution in [2.45, 2.75) is 5.92 Å². The zero-order chi connectivity index (χ0) is 19.8. The molecule has 3 N–H and O–H groups in total. The molecule has 2 atom stereocenters. The summed E-state index contributed by atoms with van der Waals surface area (Å²) < 4.78 is 1.49. The van der Waals surface area contributed by atoms with Crippen LogP contribution in [0.2, 0.25) is 0 Å². The van der Waals surface area contributed by atoms with Gasteiger partial charge in [0, 0.05) is 26.8 Å². The maximum atomic E-state index is 12.7. The molecule has 7 nitrogen and oxygen atoms in total. The Bertz CT molecular complexity index is 1110. The number of aromatic nitrogens is 1. The zero-order valence-electron chi connectivity index (χ0n) is 14.3. The Labute approximate surface area is 176 Å². The molecule has 28 heavy (non-hydrogen) atoms. The Hall–Kier alpha value is -2.52. The highest BCUT2D eigenvalue weighted by molar-refractivity contribution is 9.11. The summed E-state index contributed by atoms with van der Waals surface area (Å²) in [6.45, 7) is 0.368. The van der Waals surface area contributed by atoms with E-state index in [2.05, 4.69) is 52.4 Å². The van der Waals surface area contributed by atoms with Crippen LogP contribution in [0.1, 0.15) is 11.5 Å². The minimum Gasteiger partial charge on any atom is -0.493 e. The second-order valence-corrected chi connectivity index (χ2v) is 8.18. The van der Waals surface area contributed by atoms with Gasteiger partial charge in [-0.3, -0.25) is 9.59 Å². The zero-order valence-corrected chi connectivity index (χ0v) is 17.5. The summed E-state index contributed by atoms with van der Waals surface area (Å²) in [5.41, 5.74) is 1.65. The molecule has 142 valence electrons. The standard InChI is InChI=1S/C19H14Br2N4O3/c20-10-6-11-15(13(21)7-10)23-19(28)16(11)24-25-18(27)14-12(8-22-17(14)26)9-4-2-1-3-5-9/h1-7,12,14,23,28H,8H2,(H,22,26)/t12-,14-/m0/s1. The Balaban J connectivity index is 1.66. The minimum absolute atomic E-state index is 0.139. The number of hydrogen-bond donors (Lipinski definition) is 3.